The number of phosphoric acid groups is 1. The molecule has 0 heterocycles. The van der Waals surface area contributed by atoms with Crippen molar-refractivity contribution >= 4 is 19.7 Å². The van der Waals surface area contributed by atoms with Crippen molar-refractivity contribution in [3.63, 3.8) is 0 Å². The van der Waals surface area contributed by atoms with Crippen LogP contribution in [0.15, 0.2) is 24.3 Å². The third-order valence-electron chi connectivity index (χ3n) is 3.13. The number of phosphoric ester groups is 1. The molecule has 0 aliphatic rings. The monoisotopic (exact) mass is 405 g/mol. The Bertz CT molecular complexity index is 621. The van der Waals surface area contributed by atoms with Crippen LogP contribution in [0.3, 0.4) is 0 Å². The molecule has 0 fully saturated rings. The van der Waals surface area contributed by atoms with E-state index in [9.17, 15) is 19.5 Å². The zero-order valence-electron chi connectivity index (χ0n) is 15.3. The summed E-state index contributed by atoms with van der Waals surface area (Å²) in [5, 5.41) is 10.6. The second-order valence-electron chi connectivity index (χ2n) is 5.32. The Kier molecular flexibility index (Phi) is 10.6. The molecule has 0 saturated carbocycles. The van der Waals surface area contributed by atoms with Gasteiger partial charge >= 0.3 is 14.0 Å². The number of nitro groups is 1. The predicted octanol–water partition coefficient (Wildman–Crippen LogP) is 4.83. The lowest BCUT2D eigenvalue weighted by molar-refractivity contribution is -0.384. The Balaban J connectivity index is 2.46. The van der Waals surface area contributed by atoms with Crippen molar-refractivity contribution in [2.75, 3.05) is 20.0 Å². The van der Waals surface area contributed by atoms with Gasteiger partial charge in [0.25, 0.3) is 5.69 Å². The normalized spacial score (nSPS) is 11.2. The van der Waals surface area contributed by atoms with Crippen molar-refractivity contribution in [2.45, 2.75) is 39.5 Å². The lowest BCUT2D eigenvalue weighted by Gasteiger charge is -2.17. The largest absolute Gasteiger partial charge is 0.515 e. The number of hydrogen-bond acceptors (Lipinski definition) is 9. The van der Waals surface area contributed by atoms with E-state index >= 15 is 0 Å². The standard InChI is InChI=1S/C16H24NO9P/c1-3-5-11-23-27(21,24-12-6-4-2)25-13-22-16(18)26-15-9-7-14(8-10-15)17(19)20/h7-10H,3-6,11-13H2,1-2H3. The van der Waals surface area contributed by atoms with Crippen LogP contribution in [-0.2, 0) is 22.9 Å². The summed E-state index contributed by atoms with van der Waals surface area (Å²) >= 11 is 0. The number of benzene rings is 1. The van der Waals surface area contributed by atoms with Crippen molar-refractivity contribution in [1.29, 1.82) is 0 Å². The average molecular weight is 405 g/mol. The zero-order chi connectivity index (χ0) is 20.1. The third-order valence-corrected chi connectivity index (χ3v) is 4.55. The van der Waals surface area contributed by atoms with E-state index in [0.29, 0.717) is 12.8 Å². The molecule has 0 aliphatic heterocycles. The molecule has 152 valence electrons. The van der Waals surface area contributed by atoms with Crippen molar-refractivity contribution < 1.29 is 37.3 Å². The van der Waals surface area contributed by atoms with E-state index < -0.39 is 25.7 Å². The quantitative estimate of drug-likeness (QED) is 0.0863. The number of carbonyl (C=O) groups is 1. The molecule has 1 aromatic carbocycles. The number of carbonyl (C=O) groups excluding carboxylic acids is 1. The smallest absolute Gasteiger partial charge is 0.406 e. The highest BCUT2D eigenvalue weighted by atomic mass is 31.2. The third kappa shape index (κ3) is 9.48. The summed E-state index contributed by atoms with van der Waals surface area (Å²) in [6.45, 7) is 3.58. The molecule has 0 N–H and O–H groups in total. The van der Waals surface area contributed by atoms with Crippen molar-refractivity contribution in [3.8, 4) is 5.75 Å². The molecular formula is C16H24NO9P. The van der Waals surface area contributed by atoms with Crippen LogP contribution < -0.4 is 4.74 Å². The summed E-state index contributed by atoms with van der Waals surface area (Å²) in [6, 6.07) is 4.84. The van der Waals surface area contributed by atoms with Gasteiger partial charge in [-0.25, -0.2) is 13.9 Å². The molecule has 0 atom stereocenters. The van der Waals surface area contributed by atoms with Crippen LogP contribution in [0, 0.1) is 10.1 Å². The van der Waals surface area contributed by atoms with Gasteiger partial charge in [0.1, 0.15) is 5.75 Å². The van der Waals surface area contributed by atoms with Gasteiger partial charge in [-0.05, 0) is 25.0 Å². The maximum absolute atomic E-state index is 12.4. The van der Waals surface area contributed by atoms with Gasteiger partial charge in [0.2, 0.25) is 6.79 Å². The summed E-state index contributed by atoms with van der Waals surface area (Å²) in [4.78, 5) is 21.6. The van der Waals surface area contributed by atoms with E-state index in [1.807, 2.05) is 13.8 Å². The number of nitrogens with zero attached hydrogens (tertiary/aromatic N) is 1. The van der Waals surface area contributed by atoms with Crippen molar-refractivity contribution in [1.82, 2.24) is 0 Å². The predicted molar refractivity (Wildman–Crippen MR) is 95.5 cm³/mol. The van der Waals surface area contributed by atoms with Crippen molar-refractivity contribution in [2.24, 2.45) is 0 Å². The van der Waals surface area contributed by atoms with Crippen LogP contribution in [0.25, 0.3) is 0 Å². The Morgan fingerprint density at radius 2 is 1.59 bits per heavy atom. The number of nitro benzene ring substituents is 1. The van der Waals surface area contributed by atoms with Gasteiger partial charge in [0.15, 0.2) is 0 Å². The molecule has 0 aromatic heterocycles. The molecule has 27 heavy (non-hydrogen) atoms. The van der Waals surface area contributed by atoms with Gasteiger partial charge in [-0.3, -0.25) is 19.2 Å². The lowest BCUT2D eigenvalue weighted by atomic mass is 10.3. The highest BCUT2D eigenvalue weighted by Crippen LogP contribution is 2.49. The molecule has 0 aliphatic carbocycles. The minimum Gasteiger partial charge on any atom is -0.406 e. The summed E-state index contributed by atoms with van der Waals surface area (Å²) in [6.07, 6.45) is 1.90. The number of rotatable bonds is 13. The van der Waals surface area contributed by atoms with E-state index in [1.165, 1.54) is 24.3 Å². The fourth-order valence-electron chi connectivity index (χ4n) is 1.65. The van der Waals surface area contributed by atoms with Crippen LogP contribution in [0.5, 0.6) is 5.75 Å². The van der Waals surface area contributed by atoms with E-state index in [4.69, 9.17) is 18.3 Å². The minimum absolute atomic E-state index is 0.0483. The van der Waals surface area contributed by atoms with Gasteiger partial charge in [0.05, 0.1) is 18.1 Å². The number of ether oxygens (including phenoxy) is 2. The van der Waals surface area contributed by atoms with Crippen LogP contribution in [0.4, 0.5) is 10.5 Å². The number of unbranched alkanes of at least 4 members (excludes halogenated alkanes) is 2. The maximum atomic E-state index is 12.4. The zero-order valence-corrected chi connectivity index (χ0v) is 16.2. The first kappa shape index (κ1) is 23.0. The van der Waals surface area contributed by atoms with E-state index in [2.05, 4.69) is 4.74 Å². The van der Waals surface area contributed by atoms with Gasteiger partial charge < -0.3 is 9.47 Å². The Hall–Kier alpha value is -2.00. The topological polar surface area (TPSA) is 123 Å². The molecule has 0 radical (unpaired) electrons. The number of hydrogen-bond donors (Lipinski definition) is 0. The summed E-state index contributed by atoms with van der Waals surface area (Å²) in [5.41, 5.74) is -0.145. The summed E-state index contributed by atoms with van der Waals surface area (Å²) in [5.74, 6) is 0.0483. The number of non-ortho nitro benzene ring substituents is 1. The van der Waals surface area contributed by atoms with E-state index in [1.54, 1.807) is 0 Å². The first-order chi connectivity index (χ1) is 12.9. The molecule has 11 heteroatoms. The molecule has 10 nitrogen and oxygen atoms in total. The Labute approximate surface area is 157 Å². The molecule has 1 rings (SSSR count). The molecule has 1 aromatic rings. The van der Waals surface area contributed by atoms with Gasteiger partial charge in [-0.2, -0.15) is 0 Å². The average Bonchev–Trinajstić information content (AvgIpc) is 2.62. The minimum atomic E-state index is -3.84. The molecule has 0 bridgehead atoms. The van der Waals surface area contributed by atoms with Gasteiger partial charge in [0, 0.05) is 12.1 Å². The second kappa shape index (κ2) is 12.4. The van der Waals surface area contributed by atoms with Gasteiger partial charge in [-0.1, -0.05) is 26.7 Å². The molecule has 0 saturated heterocycles. The van der Waals surface area contributed by atoms with Crippen LogP contribution >= 0.6 is 7.82 Å². The van der Waals surface area contributed by atoms with Crippen LogP contribution in [0.1, 0.15) is 39.5 Å². The fraction of sp³-hybridized carbons (Fsp3) is 0.562. The van der Waals surface area contributed by atoms with Gasteiger partial charge in [-0.15, -0.1) is 0 Å². The molecular weight excluding hydrogens is 381 g/mol. The van der Waals surface area contributed by atoms with Crippen LogP contribution in [0.2, 0.25) is 0 Å². The first-order valence-electron chi connectivity index (χ1n) is 8.53. The van der Waals surface area contributed by atoms with Crippen molar-refractivity contribution in [3.05, 3.63) is 34.4 Å². The molecule has 0 unspecified atom stereocenters. The fourth-order valence-corrected chi connectivity index (χ4v) is 2.76. The lowest BCUT2D eigenvalue weighted by Crippen LogP contribution is -2.14. The summed E-state index contributed by atoms with van der Waals surface area (Å²) < 4.78 is 37.3. The second-order valence-corrected chi connectivity index (χ2v) is 6.98. The van der Waals surface area contributed by atoms with E-state index in [-0.39, 0.29) is 24.7 Å². The highest BCUT2D eigenvalue weighted by molar-refractivity contribution is 7.48. The van der Waals surface area contributed by atoms with E-state index in [0.717, 1.165) is 12.8 Å². The summed E-state index contributed by atoms with van der Waals surface area (Å²) in [7, 11) is -3.84. The molecule has 0 amide bonds. The highest BCUT2D eigenvalue weighted by Gasteiger charge is 2.27. The maximum Gasteiger partial charge on any atom is 0.515 e. The Morgan fingerprint density at radius 3 is 2.07 bits per heavy atom. The van der Waals surface area contributed by atoms with Crippen LogP contribution in [-0.4, -0.2) is 31.1 Å². The molecule has 0 spiro atoms. The Morgan fingerprint density at radius 1 is 1.04 bits per heavy atom. The SMILES string of the molecule is CCCCOP(=O)(OCCCC)OCOC(=O)Oc1ccc([N+](=O)[O-])cc1. The first-order valence-corrected chi connectivity index (χ1v) is 9.99.